The first kappa shape index (κ1) is 15.2. The SMILES string of the molecule is CCc1nc(CC)n(CC(=O)Nc2ccccc2CN)n1. The maximum absolute atomic E-state index is 12.2. The Morgan fingerprint density at radius 2 is 2.05 bits per heavy atom. The maximum atomic E-state index is 12.2. The highest BCUT2D eigenvalue weighted by Gasteiger charge is 2.12. The van der Waals surface area contributed by atoms with E-state index in [0.29, 0.717) is 6.54 Å². The van der Waals surface area contributed by atoms with Gasteiger partial charge in [-0.05, 0) is 11.6 Å². The summed E-state index contributed by atoms with van der Waals surface area (Å²) in [6.45, 7) is 4.55. The van der Waals surface area contributed by atoms with Crippen LogP contribution in [0.1, 0.15) is 31.1 Å². The highest BCUT2D eigenvalue weighted by atomic mass is 16.2. The van der Waals surface area contributed by atoms with Crippen molar-refractivity contribution in [2.45, 2.75) is 39.8 Å². The number of carbonyl (C=O) groups is 1. The Kier molecular flexibility index (Phi) is 5.05. The molecule has 0 atom stereocenters. The number of nitrogens with one attached hydrogen (secondary N) is 1. The van der Waals surface area contributed by atoms with Crippen LogP contribution < -0.4 is 11.1 Å². The minimum atomic E-state index is -0.127. The molecule has 1 heterocycles. The van der Waals surface area contributed by atoms with Crippen molar-refractivity contribution in [2.24, 2.45) is 5.73 Å². The van der Waals surface area contributed by atoms with Crippen molar-refractivity contribution in [1.29, 1.82) is 0 Å². The number of hydrogen-bond acceptors (Lipinski definition) is 4. The van der Waals surface area contributed by atoms with Crippen LogP contribution in [0.2, 0.25) is 0 Å². The third-order valence-electron chi connectivity index (χ3n) is 3.23. The predicted octanol–water partition coefficient (Wildman–Crippen LogP) is 1.50. The molecular weight excluding hydrogens is 266 g/mol. The third kappa shape index (κ3) is 3.66. The first-order valence-electron chi connectivity index (χ1n) is 7.18. The van der Waals surface area contributed by atoms with E-state index >= 15 is 0 Å². The molecule has 0 unspecified atom stereocenters. The molecule has 0 aliphatic carbocycles. The lowest BCUT2D eigenvalue weighted by atomic mass is 10.2. The van der Waals surface area contributed by atoms with Crippen LogP contribution in [0.5, 0.6) is 0 Å². The highest BCUT2D eigenvalue weighted by Crippen LogP contribution is 2.14. The van der Waals surface area contributed by atoms with Crippen molar-refractivity contribution in [3.63, 3.8) is 0 Å². The van der Waals surface area contributed by atoms with Gasteiger partial charge < -0.3 is 11.1 Å². The number of benzene rings is 1. The van der Waals surface area contributed by atoms with Gasteiger partial charge in [-0.1, -0.05) is 32.0 Å². The summed E-state index contributed by atoms with van der Waals surface area (Å²) in [5, 5.41) is 7.22. The van der Waals surface area contributed by atoms with Gasteiger partial charge in [0.05, 0.1) is 0 Å². The van der Waals surface area contributed by atoms with E-state index in [-0.39, 0.29) is 12.5 Å². The van der Waals surface area contributed by atoms with Crippen molar-refractivity contribution in [3.8, 4) is 0 Å². The lowest BCUT2D eigenvalue weighted by Crippen LogP contribution is -2.22. The Balaban J connectivity index is 2.09. The van der Waals surface area contributed by atoms with Crippen molar-refractivity contribution in [1.82, 2.24) is 14.8 Å². The number of aromatic nitrogens is 3. The number of nitrogens with zero attached hydrogens (tertiary/aromatic N) is 3. The summed E-state index contributed by atoms with van der Waals surface area (Å²) in [5.74, 6) is 1.47. The van der Waals surface area contributed by atoms with Gasteiger partial charge >= 0.3 is 0 Å². The molecule has 1 aromatic heterocycles. The number of rotatable bonds is 6. The van der Waals surface area contributed by atoms with E-state index < -0.39 is 0 Å². The zero-order valence-electron chi connectivity index (χ0n) is 12.5. The minimum Gasteiger partial charge on any atom is -0.326 e. The van der Waals surface area contributed by atoms with Gasteiger partial charge in [-0.3, -0.25) is 4.79 Å². The number of amides is 1. The van der Waals surface area contributed by atoms with Crippen LogP contribution in [0.4, 0.5) is 5.69 Å². The topological polar surface area (TPSA) is 85.8 Å². The molecule has 0 saturated carbocycles. The minimum absolute atomic E-state index is 0.127. The Bertz CT molecular complexity index is 620. The second kappa shape index (κ2) is 6.99. The Morgan fingerprint density at radius 3 is 2.71 bits per heavy atom. The van der Waals surface area contributed by atoms with Crippen molar-refractivity contribution < 1.29 is 4.79 Å². The van der Waals surface area contributed by atoms with E-state index in [2.05, 4.69) is 15.4 Å². The second-order valence-corrected chi connectivity index (χ2v) is 4.72. The quantitative estimate of drug-likeness (QED) is 0.843. The van der Waals surface area contributed by atoms with Crippen molar-refractivity contribution in [2.75, 3.05) is 5.32 Å². The van der Waals surface area contributed by atoms with Crippen LogP contribution in [0.15, 0.2) is 24.3 Å². The average Bonchev–Trinajstić information content (AvgIpc) is 2.89. The van der Waals surface area contributed by atoms with E-state index in [4.69, 9.17) is 5.73 Å². The molecule has 6 heteroatoms. The van der Waals surface area contributed by atoms with E-state index in [0.717, 1.165) is 35.7 Å². The van der Waals surface area contributed by atoms with Crippen molar-refractivity contribution >= 4 is 11.6 Å². The van der Waals surface area contributed by atoms with Gasteiger partial charge in [-0.25, -0.2) is 9.67 Å². The smallest absolute Gasteiger partial charge is 0.246 e. The first-order valence-corrected chi connectivity index (χ1v) is 7.18. The number of nitrogens with two attached hydrogens (primary N) is 1. The summed E-state index contributed by atoms with van der Waals surface area (Å²) in [6, 6.07) is 7.52. The fourth-order valence-electron chi connectivity index (χ4n) is 2.11. The van der Waals surface area contributed by atoms with Gasteiger partial charge in [-0.2, -0.15) is 5.10 Å². The van der Waals surface area contributed by atoms with E-state index in [1.807, 2.05) is 38.1 Å². The lowest BCUT2D eigenvalue weighted by molar-refractivity contribution is -0.117. The van der Waals surface area contributed by atoms with Crippen LogP contribution in [0, 0.1) is 0 Å². The van der Waals surface area contributed by atoms with E-state index in [1.54, 1.807) is 4.68 Å². The summed E-state index contributed by atoms with van der Waals surface area (Å²) in [6.07, 6.45) is 1.51. The zero-order valence-corrected chi connectivity index (χ0v) is 12.5. The molecule has 0 aliphatic rings. The van der Waals surface area contributed by atoms with Gasteiger partial charge in [0.2, 0.25) is 5.91 Å². The molecule has 21 heavy (non-hydrogen) atoms. The number of aryl methyl sites for hydroxylation is 2. The summed E-state index contributed by atoms with van der Waals surface area (Å²) in [5.41, 5.74) is 7.33. The predicted molar refractivity (Wildman–Crippen MR) is 81.7 cm³/mol. The number of carbonyl (C=O) groups excluding carboxylic acids is 1. The summed E-state index contributed by atoms with van der Waals surface area (Å²) in [7, 11) is 0. The molecule has 3 N–H and O–H groups in total. The van der Waals surface area contributed by atoms with Crippen molar-refractivity contribution in [3.05, 3.63) is 41.5 Å². The van der Waals surface area contributed by atoms with Gasteiger partial charge in [-0.15, -0.1) is 0 Å². The average molecular weight is 287 g/mol. The molecule has 0 radical (unpaired) electrons. The number of para-hydroxylation sites is 1. The maximum Gasteiger partial charge on any atom is 0.246 e. The monoisotopic (exact) mass is 287 g/mol. The van der Waals surface area contributed by atoms with E-state index in [9.17, 15) is 4.79 Å². The Hall–Kier alpha value is -2.21. The molecule has 1 aromatic carbocycles. The fraction of sp³-hybridized carbons (Fsp3) is 0.400. The summed E-state index contributed by atoms with van der Waals surface area (Å²) < 4.78 is 1.67. The molecule has 6 nitrogen and oxygen atoms in total. The van der Waals surface area contributed by atoms with Gasteiger partial charge in [0.25, 0.3) is 0 Å². The van der Waals surface area contributed by atoms with Crippen LogP contribution in [0.25, 0.3) is 0 Å². The molecule has 0 aliphatic heterocycles. The molecule has 2 aromatic rings. The highest BCUT2D eigenvalue weighted by molar-refractivity contribution is 5.91. The molecular formula is C15H21N5O. The standard InChI is InChI=1S/C15H21N5O/c1-3-13-18-14(4-2)20(19-13)10-15(21)17-12-8-6-5-7-11(12)9-16/h5-8H,3-4,9-10,16H2,1-2H3,(H,17,21). The van der Waals surface area contributed by atoms with E-state index in [1.165, 1.54) is 0 Å². The molecule has 112 valence electrons. The van der Waals surface area contributed by atoms with Gasteiger partial charge in [0.1, 0.15) is 12.4 Å². The van der Waals surface area contributed by atoms with Gasteiger partial charge in [0, 0.05) is 25.1 Å². The van der Waals surface area contributed by atoms with Gasteiger partial charge in [0.15, 0.2) is 5.82 Å². The number of anilines is 1. The second-order valence-electron chi connectivity index (χ2n) is 4.72. The first-order chi connectivity index (χ1) is 10.2. The third-order valence-corrected chi connectivity index (χ3v) is 3.23. The number of hydrogen-bond donors (Lipinski definition) is 2. The normalized spacial score (nSPS) is 10.6. The Morgan fingerprint density at radius 1 is 1.29 bits per heavy atom. The summed E-state index contributed by atoms with van der Waals surface area (Å²) >= 11 is 0. The van der Waals surface area contributed by atoms with Crippen LogP contribution in [-0.4, -0.2) is 20.7 Å². The van der Waals surface area contributed by atoms with Crippen LogP contribution in [0.3, 0.4) is 0 Å². The Labute approximate surface area is 124 Å². The largest absolute Gasteiger partial charge is 0.326 e. The molecule has 0 fully saturated rings. The lowest BCUT2D eigenvalue weighted by Gasteiger charge is -2.10. The fourth-order valence-corrected chi connectivity index (χ4v) is 2.11. The molecule has 0 bridgehead atoms. The zero-order chi connectivity index (χ0) is 15.2. The van der Waals surface area contributed by atoms with Crippen LogP contribution in [-0.2, 0) is 30.7 Å². The molecule has 2 rings (SSSR count). The molecule has 1 amide bonds. The molecule has 0 spiro atoms. The molecule has 0 saturated heterocycles. The summed E-state index contributed by atoms with van der Waals surface area (Å²) in [4.78, 5) is 16.6. The van der Waals surface area contributed by atoms with Crippen LogP contribution >= 0.6 is 0 Å².